The van der Waals surface area contributed by atoms with Gasteiger partial charge in [0.05, 0.1) is 5.60 Å². The van der Waals surface area contributed by atoms with Gasteiger partial charge >= 0.3 is 0 Å². The van der Waals surface area contributed by atoms with E-state index < -0.39 is 5.60 Å². The molecule has 1 saturated heterocycles. The van der Waals surface area contributed by atoms with Gasteiger partial charge in [-0.05, 0) is 64.8 Å². The number of likely N-dealkylation sites (tertiary alicyclic amines) is 1. The molecule has 2 fully saturated rings. The molecule has 2 aromatic carbocycles. The van der Waals surface area contributed by atoms with Gasteiger partial charge in [0.15, 0.2) is 0 Å². The zero-order valence-corrected chi connectivity index (χ0v) is 18.2. The SMILES string of the molecule is CC(CN1C[C@@H]2C[C@@](O)(c3ccc(C(C)(C)C)cc3)C[C@@H]2C1)c1ccc(O)cc1. The Labute approximate surface area is 175 Å². The van der Waals surface area contributed by atoms with Crippen LogP contribution in [0.2, 0.25) is 0 Å². The van der Waals surface area contributed by atoms with Crippen molar-refractivity contribution >= 4 is 0 Å². The van der Waals surface area contributed by atoms with Crippen LogP contribution in [0, 0.1) is 11.8 Å². The van der Waals surface area contributed by atoms with Gasteiger partial charge in [-0.3, -0.25) is 0 Å². The predicted molar refractivity (Wildman–Crippen MR) is 118 cm³/mol. The Hall–Kier alpha value is -1.84. The minimum atomic E-state index is -0.666. The highest BCUT2D eigenvalue weighted by molar-refractivity contribution is 5.32. The van der Waals surface area contributed by atoms with Gasteiger partial charge in [0.25, 0.3) is 0 Å². The Morgan fingerprint density at radius 2 is 1.52 bits per heavy atom. The lowest BCUT2D eigenvalue weighted by Crippen LogP contribution is -2.30. The van der Waals surface area contributed by atoms with Gasteiger partial charge in [0.2, 0.25) is 0 Å². The van der Waals surface area contributed by atoms with Crippen molar-refractivity contribution in [2.24, 2.45) is 11.8 Å². The summed E-state index contributed by atoms with van der Waals surface area (Å²) in [4.78, 5) is 2.56. The molecule has 3 nitrogen and oxygen atoms in total. The molecule has 1 saturated carbocycles. The van der Waals surface area contributed by atoms with Crippen molar-refractivity contribution in [3.05, 3.63) is 65.2 Å². The fourth-order valence-electron chi connectivity index (χ4n) is 5.41. The van der Waals surface area contributed by atoms with Gasteiger partial charge in [-0.2, -0.15) is 0 Å². The summed E-state index contributed by atoms with van der Waals surface area (Å²) in [6, 6.07) is 16.3. The van der Waals surface area contributed by atoms with Crippen molar-refractivity contribution in [3.8, 4) is 5.75 Å². The Morgan fingerprint density at radius 3 is 2.03 bits per heavy atom. The molecule has 0 amide bonds. The Kier molecular flexibility index (Phi) is 5.25. The number of hydrogen-bond acceptors (Lipinski definition) is 3. The molecule has 4 rings (SSSR count). The molecule has 1 aliphatic carbocycles. The fraction of sp³-hybridized carbons (Fsp3) is 0.538. The van der Waals surface area contributed by atoms with E-state index in [9.17, 15) is 10.2 Å². The summed E-state index contributed by atoms with van der Waals surface area (Å²) in [5, 5.41) is 20.9. The third kappa shape index (κ3) is 4.22. The molecule has 2 aliphatic rings. The van der Waals surface area contributed by atoms with Crippen LogP contribution in [0.4, 0.5) is 0 Å². The molecule has 3 heteroatoms. The summed E-state index contributed by atoms with van der Waals surface area (Å²) in [6.07, 6.45) is 1.74. The van der Waals surface area contributed by atoms with Crippen LogP contribution in [0.15, 0.2) is 48.5 Å². The maximum atomic E-state index is 11.4. The van der Waals surface area contributed by atoms with Gasteiger partial charge in [0.1, 0.15) is 5.75 Å². The van der Waals surface area contributed by atoms with Crippen LogP contribution in [-0.4, -0.2) is 34.7 Å². The number of nitrogens with zero attached hydrogens (tertiary/aromatic N) is 1. The lowest BCUT2D eigenvalue weighted by Gasteiger charge is -2.28. The summed E-state index contributed by atoms with van der Waals surface area (Å²) in [6.45, 7) is 12.1. The van der Waals surface area contributed by atoms with Crippen molar-refractivity contribution in [1.82, 2.24) is 4.90 Å². The van der Waals surface area contributed by atoms with Crippen LogP contribution in [0.1, 0.15) is 63.1 Å². The second-order valence-corrected chi connectivity index (χ2v) is 10.5. The monoisotopic (exact) mass is 393 g/mol. The first-order chi connectivity index (χ1) is 13.6. The number of fused-ring (bicyclic) bond motifs is 1. The van der Waals surface area contributed by atoms with Crippen LogP contribution in [-0.2, 0) is 11.0 Å². The minimum absolute atomic E-state index is 0.141. The topological polar surface area (TPSA) is 43.7 Å². The maximum Gasteiger partial charge on any atom is 0.115 e. The Balaban J connectivity index is 1.37. The van der Waals surface area contributed by atoms with E-state index in [-0.39, 0.29) is 5.41 Å². The number of aromatic hydroxyl groups is 1. The fourth-order valence-corrected chi connectivity index (χ4v) is 5.41. The van der Waals surface area contributed by atoms with Gasteiger partial charge in [0, 0.05) is 19.6 Å². The molecule has 0 aromatic heterocycles. The quantitative estimate of drug-likeness (QED) is 0.766. The third-order valence-corrected chi connectivity index (χ3v) is 7.13. The molecule has 2 N–H and O–H groups in total. The van der Waals surface area contributed by atoms with E-state index in [0.717, 1.165) is 38.0 Å². The van der Waals surface area contributed by atoms with Crippen LogP contribution in [0.3, 0.4) is 0 Å². The van der Waals surface area contributed by atoms with Crippen molar-refractivity contribution in [2.45, 2.75) is 57.5 Å². The number of phenolic OH excluding ortho intramolecular Hbond substituents is 1. The van der Waals surface area contributed by atoms with Gasteiger partial charge < -0.3 is 15.1 Å². The van der Waals surface area contributed by atoms with E-state index in [1.165, 1.54) is 11.1 Å². The third-order valence-electron chi connectivity index (χ3n) is 7.13. The maximum absolute atomic E-state index is 11.4. The zero-order chi connectivity index (χ0) is 20.8. The largest absolute Gasteiger partial charge is 0.508 e. The minimum Gasteiger partial charge on any atom is -0.508 e. The lowest BCUT2D eigenvalue weighted by molar-refractivity contribution is 0.0312. The molecule has 29 heavy (non-hydrogen) atoms. The summed E-state index contributed by atoms with van der Waals surface area (Å²) in [5.74, 6) is 1.92. The van der Waals surface area contributed by atoms with Crippen molar-refractivity contribution in [2.75, 3.05) is 19.6 Å². The summed E-state index contributed by atoms with van der Waals surface area (Å²) < 4.78 is 0. The smallest absolute Gasteiger partial charge is 0.115 e. The first-order valence-electron chi connectivity index (χ1n) is 11.0. The molecule has 0 bridgehead atoms. The first kappa shape index (κ1) is 20.4. The lowest BCUT2D eigenvalue weighted by atomic mass is 9.84. The van der Waals surface area contributed by atoms with Crippen molar-refractivity contribution in [3.63, 3.8) is 0 Å². The highest BCUT2D eigenvalue weighted by Crippen LogP contribution is 2.49. The number of rotatable bonds is 4. The van der Waals surface area contributed by atoms with E-state index in [4.69, 9.17) is 0 Å². The normalized spacial score (nSPS) is 28.4. The number of benzene rings is 2. The van der Waals surface area contributed by atoms with Gasteiger partial charge in [-0.25, -0.2) is 0 Å². The summed E-state index contributed by atoms with van der Waals surface area (Å²) >= 11 is 0. The zero-order valence-electron chi connectivity index (χ0n) is 18.2. The van der Waals surface area contributed by atoms with E-state index in [1.807, 2.05) is 12.1 Å². The van der Waals surface area contributed by atoms with E-state index in [2.05, 4.69) is 56.9 Å². The van der Waals surface area contributed by atoms with E-state index in [0.29, 0.717) is 23.5 Å². The molecule has 1 unspecified atom stereocenters. The molecule has 0 radical (unpaired) electrons. The van der Waals surface area contributed by atoms with Crippen LogP contribution >= 0.6 is 0 Å². The summed E-state index contributed by atoms with van der Waals surface area (Å²) in [5.41, 5.74) is 3.15. The van der Waals surface area contributed by atoms with Crippen LogP contribution in [0.25, 0.3) is 0 Å². The molecule has 2 aromatic rings. The Morgan fingerprint density at radius 1 is 0.966 bits per heavy atom. The standard InChI is InChI=1S/C26H35NO2/c1-18(19-5-11-24(28)12-6-19)15-27-16-20-13-26(29,14-21(20)17-27)23-9-7-22(8-10-23)25(2,3)4/h5-12,18,20-21,28-29H,13-17H2,1-4H3/t18?,20-,21+,26-. The van der Waals surface area contributed by atoms with Crippen LogP contribution < -0.4 is 0 Å². The molecule has 0 spiro atoms. The highest BCUT2D eigenvalue weighted by atomic mass is 16.3. The Bertz CT molecular complexity index is 821. The van der Waals surface area contributed by atoms with Gasteiger partial charge in [-0.15, -0.1) is 0 Å². The van der Waals surface area contributed by atoms with Crippen LogP contribution in [0.5, 0.6) is 5.75 Å². The van der Waals surface area contributed by atoms with E-state index in [1.54, 1.807) is 12.1 Å². The highest BCUT2D eigenvalue weighted by Gasteiger charge is 2.49. The molecule has 4 atom stereocenters. The summed E-state index contributed by atoms with van der Waals surface area (Å²) in [7, 11) is 0. The average molecular weight is 394 g/mol. The van der Waals surface area contributed by atoms with E-state index >= 15 is 0 Å². The average Bonchev–Trinajstić information content (AvgIpc) is 3.16. The van der Waals surface area contributed by atoms with Crippen molar-refractivity contribution < 1.29 is 10.2 Å². The second-order valence-electron chi connectivity index (χ2n) is 10.5. The molecule has 156 valence electrons. The molecular weight excluding hydrogens is 358 g/mol. The number of aliphatic hydroxyl groups is 1. The van der Waals surface area contributed by atoms with Gasteiger partial charge in [-0.1, -0.05) is 64.1 Å². The number of phenols is 1. The molecule has 1 heterocycles. The second kappa shape index (κ2) is 7.45. The van der Waals surface area contributed by atoms with Crippen molar-refractivity contribution in [1.29, 1.82) is 0 Å². The molecular formula is C26H35NO2. The first-order valence-corrected chi connectivity index (χ1v) is 11.0. The predicted octanol–water partition coefficient (Wildman–Crippen LogP) is 5.02. The number of hydrogen-bond donors (Lipinski definition) is 2. The molecule has 1 aliphatic heterocycles.